The highest BCUT2D eigenvalue weighted by molar-refractivity contribution is 7.93. The number of fused-ring (bicyclic) bond motifs is 1. The molecule has 31 heavy (non-hydrogen) atoms. The molecule has 0 unspecified atom stereocenters. The molecular weight excluding hydrogens is 438 g/mol. The van der Waals surface area contributed by atoms with Crippen molar-refractivity contribution in [3.63, 3.8) is 0 Å². The summed E-state index contributed by atoms with van der Waals surface area (Å²) >= 11 is 0. The molecular formula is C21H27N3O5S2. The van der Waals surface area contributed by atoms with Gasteiger partial charge in [0.05, 0.1) is 39.9 Å². The van der Waals surface area contributed by atoms with E-state index in [0.29, 0.717) is 34.5 Å². The molecule has 0 aliphatic carbocycles. The van der Waals surface area contributed by atoms with Crippen molar-refractivity contribution < 1.29 is 21.6 Å². The van der Waals surface area contributed by atoms with Crippen LogP contribution in [0.15, 0.2) is 47.6 Å². The Morgan fingerprint density at radius 2 is 1.81 bits per heavy atom. The number of sulfonamides is 1. The van der Waals surface area contributed by atoms with Gasteiger partial charge in [0.2, 0.25) is 10.0 Å². The molecule has 1 aromatic carbocycles. The highest BCUT2D eigenvalue weighted by Crippen LogP contribution is 2.34. The standard InChI is InChI=1S/C21H27N3O5S2/c1-6-11-30(25,26)23-18-12-15(7-8-20(18)29-5)17-14-22-24-10-9-16(13-19(17)24)31(27,28)21(2,3)4/h7-10,12-14,23H,6,11H2,1-5H3. The minimum atomic E-state index is -3.55. The van der Waals surface area contributed by atoms with E-state index >= 15 is 0 Å². The Hall–Kier alpha value is -2.59. The number of benzene rings is 1. The summed E-state index contributed by atoms with van der Waals surface area (Å²) in [6.45, 7) is 6.75. The first kappa shape index (κ1) is 23.1. The number of hydrogen-bond acceptors (Lipinski definition) is 6. The first-order valence-electron chi connectivity index (χ1n) is 9.80. The van der Waals surface area contributed by atoms with Gasteiger partial charge in [0.15, 0.2) is 9.84 Å². The third-order valence-corrected chi connectivity index (χ3v) is 8.82. The first-order chi connectivity index (χ1) is 14.4. The zero-order valence-electron chi connectivity index (χ0n) is 18.2. The number of ether oxygens (including phenoxy) is 1. The number of hydrogen-bond donors (Lipinski definition) is 1. The topological polar surface area (TPSA) is 107 Å². The summed E-state index contributed by atoms with van der Waals surface area (Å²) in [7, 11) is -5.60. The van der Waals surface area contributed by atoms with Crippen LogP contribution in [0.3, 0.4) is 0 Å². The molecule has 0 bridgehead atoms. The van der Waals surface area contributed by atoms with Gasteiger partial charge >= 0.3 is 0 Å². The molecule has 0 fully saturated rings. The number of sulfone groups is 1. The number of rotatable bonds is 7. The van der Waals surface area contributed by atoms with Crippen molar-refractivity contribution in [2.75, 3.05) is 17.6 Å². The van der Waals surface area contributed by atoms with E-state index in [1.54, 1.807) is 68.9 Å². The average molecular weight is 466 g/mol. The van der Waals surface area contributed by atoms with Gasteiger partial charge in [0.25, 0.3) is 0 Å². The van der Waals surface area contributed by atoms with E-state index in [0.717, 1.165) is 0 Å². The Kier molecular flexibility index (Phi) is 6.07. The van der Waals surface area contributed by atoms with Crippen molar-refractivity contribution in [3.8, 4) is 16.9 Å². The summed E-state index contributed by atoms with van der Waals surface area (Å²) in [6, 6.07) is 8.22. The van der Waals surface area contributed by atoms with Crippen LogP contribution in [0.4, 0.5) is 5.69 Å². The molecule has 0 aliphatic rings. The fraction of sp³-hybridized carbons (Fsp3) is 0.381. The highest BCUT2D eigenvalue weighted by Gasteiger charge is 2.31. The van der Waals surface area contributed by atoms with Crippen molar-refractivity contribution >= 4 is 31.1 Å². The predicted molar refractivity (Wildman–Crippen MR) is 122 cm³/mol. The van der Waals surface area contributed by atoms with Crippen LogP contribution >= 0.6 is 0 Å². The Balaban J connectivity index is 2.14. The third kappa shape index (κ3) is 4.54. The maximum absolute atomic E-state index is 12.9. The van der Waals surface area contributed by atoms with Crippen LogP contribution in [0.25, 0.3) is 16.6 Å². The van der Waals surface area contributed by atoms with Gasteiger partial charge in [-0.2, -0.15) is 5.10 Å². The van der Waals surface area contributed by atoms with Crippen LogP contribution in [0.2, 0.25) is 0 Å². The van der Waals surface area contributed by atoms with E-state index in [1.165, 1.54) is 13.2 Å². The summed E-state index contributed by atoms with van der Waals surface area (Å²) < 4.78 is 58.9. The third-order valence-electron chi connectivity index (χ3n) is 4.86. The van der Waals surface area contributed by atoms with E-state index in [9.17, 15) is 16.8 Å². The lowest BCUT2D eigenvalue weighted by atomic mass is 10.1. The van der Waals surface area contributed by atoms with Crippen LogP contribution < -0.4 is 9.46 Å². The normalized spacial score (nSPS) is 12.8. The van der Waals surface area contributed by atoms with Crippen LogP contribution in [-0.2, 0) is 19.9 Å². The zero-order valence-corrected chi connectivity index (χ0v) is 19.8. The lowest BCUT2D eigenvalue weighted by molar-refractivity contribution is 0.417. The minimum absolute atomic E-state index is 0.00881. The summed E-state index contributed by atoms with van der Waals surface area (Å²) in [5.41, 5.74) is 2.25. The number of nitrogens with zero attached hydrogens (tertiary/aromatic N) is 2. The smallest absolute Gasteiger partial charge is 0.232 e. The second kappa shape index (κ2) is 8.16. The molecule has 2 heterocycles. The van der Waals surface area contributed by atoms with Gasteiger partial charge < -0.3 is 4.74 Å². The van der Waals surface area contributed by atoms with Gasteiger partial charge in [-0.25, -0.2) is 21.4 Å². The van der Waals surface area contributed by atoms with Crippen LogP contribution in [0, 0.1) is 0 Å². The van der Waals surface area contributed by atoms with Crippen molar-refractivity contribution in [1.82, 2.24) is 9.61 Å². The van der Waals surface area contributed by atoms with E-state index in [4.69, 9.17) is 4.74 Å². The minimum Gasteiger partial charge on any atom is -0.495 e. The van der Waals surface area contributed by atoms with E-state index in [1.807, 2.05) is 0 Å². The maximum atomic E-state index is 12.9. The Morgan fingerprint density at radius 1 is 1.10 bits per heavy atom. The molecule has 0 amide bonds. The molecule has 10 heteroatoms. The van der Waals surface area contributed by atoms with Crippen molar-refractivity contribution in [1.29, 1.82) is 0 Å². The lowest BCUT2D eigenvalue weighted by Gasteiger charge is -2.19. The van der Waals surface area contributed by atoms with E-state index < -0.39 is 24.6 Å². The molecule has 0 spiro atoms. The fourth-order valence-corrected chi connectivity index (χ4v) is 5.49. The Labute approximate surface area is 183 Å². The van der Waals surface area contributed by atoms with E-state index in [2.05, 4.69) is 9.82 Å². The number of nitrogens with one attached hydrogen (secondary N) is 1. The van der Waals surface area contributed by atoms with Crippen molar-refractivity contribution in [3.05, 3.63) is 42.7 Å². The summed E-state index contributed by atoms with van der Waals surface area (Å²) in [6.07, 6.45) is 3.71. The second-order valence-corrected chi connectivity index (χ2v) is 12.7. The summed E-state index contributed by atoms with van der Waals surface area (Å²) in [5, 5.41) is 4.31. The average Bonchev–Trinajstić information content (AvgIpc) is 3.09. The van der Waals surface area contributed by atoms with Gasteiger partial charge in [-0.1, -0.05) is 13.0 Å². The zero-order chi connectivity index (χ0) is 23.0. The number of pyridine rings is 1. The largest absolute Gasteiger partial charge is 0.495 e. The monoisotopic (exact) mass is 465 g/mol. The predicted octanol–water partition coefficient (Wildman–Crippen LogP) is 3.73. The van der Waals surface area contributed by atoms with Crippen molar-refractivity contribution in [2.24, 2.45) is 0 Å². The molecule has 0 radical (unpaired) electrons. The van der Waals surface area contributed by atoms with Gasteiger partial charge in [-0.05, 0) is 57.0 Å². The van der Waals surface area contributed by atoms with Gasteiger partial charge in [-0.15, -0.1) is 0 Å². The van der Waals surface area contributed by atoms with Gasteiger partial charge in [0.1, 0.15) is 5.75 Å². The molecule has 8 nitrogen and oxygen atoms in total. The van der Waals surface area contributed by atoms with Crippen LogP contribution in [0.5, 0.6) is 5.75 Å². The molecule has 1 N–H and O–H groups in total. The van der Waals surface area contributed by atoms with Gasteiger partial charge in [0, 0.05) is 11.8 Å². The fourth-order valence-electron chi connectivity index (χ4n) is 3.15. The molecule has 0 atom stereocenters. The van der Waals surface area contributed by atoms with Crippen LogP contribution in [0.1, 0.15) is 34.1 Å². The number of anilines is 1. The molecule has 3 rings (SSSR count). The SMILES string of the molecule is CCCS(=O)(=O)Nc1cc(-c2cnn3ccc(S(=O)(=O)C(C)(C)C)cc23)ccc1OC. The number of methoxy groups -OCH3 is 1. The van der Waals surface area contributed by atoms with Crippen molar-refractivity contribution in [2.45, 2.75) is 43.8 Å². The molecule has 168 valence electrons. The summed E-state index contributed by atoms with van der Waals surface area (Å²) in [5.74, 6) is 0.376. The molecule has 0 saturated heterocycles. The first-order valence-corrected chi connectivity index (χ1v) is 12.9. The Morgan fingerprint density at radius 3 is 2.42 bits per heavy atom. The van der Waals surface area contributed by atoms with Crippen LogP contribution in [-0.4, -0.2) is 44.1 Å². The lowest BCUT2D eigenvalue weighted by Crippen LogP contribution is -2.27. The molecule has 0 aliphatic heterocycles. The highest BCUT2D eigenvalue weighted by atomic mass is 32.2. The maximum Gasteiger partial charge on any atom is 0.232 e. The second-order valence-electron chi connectivity index (χ2n) is 8.20. The quantitative estimate of drug-likeness (QED) is 0.570. The molecule has 0 saturated carbocycles. The number of aromatic nitrogens is 2. The molecule has 2 aromatic heterocycles. The Bertz CT molecular complexity index is 1320. The van der Waals surface area contributed by atoms with E-state index in [-0.39, 0.29) is 10.6 Å². The van der Waals surface area contributed by atoms with Gasteiger partial charge in [-0.3, -0.25) is 4.72 Å². The molecule has 3 aromatic rings. The summed E-state index contributed by atoms with van der Waals surface area (Å²) in [4.78, 5) is 0.201.